The van der Waals surface area contributed by atoms with E-state index >= 15 is 0 Å². The summed E-state index contributed by atoms with van der Waals surface area (Å²) in [4.78, 5) is 0. The molecule has 4 heteroatoms. The molecule has 0 spiro atoms. The summed E-state index contributed by atoms with van der Waals surface area (Å²) in [5.74, 6) is 3.48. The van der Waals surface area contributed by atoms with E-state index in [1.807, 2.05) is 30.3 Å². The Labute approximate surface area is 311 Å². The number of para-hydroxylation sites is 2. The Morgan fingerprint density at radius 3 is 1.67 bits per heavy atom. The highest BCUT2D eigenvalue weighted by atomic mass is 16.5. The zero-order chi connectivity index (χ0) is 35.3. The first kappa shape index (κ1) is 29.5. The van der Waals surface area contributed by atoms with Crippen molar-refractivity contribution in [3.8, 4) is 56.4 Å². The Morgan fingerprint density at radius 1 is 0.333 bits per heavy atom. The second kappa shape index (κ2) is 11.2. The number of ether oxygens (including phenoxy) is 2. The minimum Gasteiger partial charge on any atom is -0.458 e. The molecule has 12 rings (SSSR count). The van der Waals surface area contributed by atoms with Gasteiger partial charge in [-0.1, -0.05) is 133 Å². The maximum absolute atomic E-state index is 6.72. The molecule has 9 aromatic carbocycles. The highest BCUT2D eigenvalue weighted by Gasteiger charge is 2.39. The van der Waals surface area contributed by atoms with Crippen molar-refractivity contribution < 1.29 is 13.9 Å². The number of furan rings is 1. The summed E-state index contributed by atoms with van der Waals surface area (Å²) in [5, 5.41) is 7.12. The quantitative estimate of drug-likeness (QED) is 0.137. The lowest BCUT2D eigenvalue weighted by Gasteiger charge is -2.33. The van der Waals surface area contributed by atoms with Crippen LogP contribution >= 0.6 is 0 Å². The maximum atomic E-state index is 6.72. The van der Waals surface area contributed by atoms with Crippen LogP contribution in [0.2, 0.25) is 0 Å². The molecular formula is C50H29BO3. The van der Waals surface area contributed by atoms with Crippen molar-refractivity contribution in [2.75, 3.05) is 0 Å². The van der Waals surface area contributed by atoms with Gasteiger partial charge >= 0.3 is 0 Å². The normalized spacial score (nSPS) is 12.7. The van der Waals surface area contributed by atoms with E-state index in [1.54, 1.807) is 0 Å². The molecule has 2 aliphatic rings. The first-order chi connectivity index (χ1) is 26.8. The van der Waals surface area contributed by atoms with Gasteiger partial charge in [0.2, 0.25) is 0 Å². The SMILES string of the molecule is c1ccc2c(c1)Oc1cccc3c1B2c1ccc(-c2ccccc2-c2c4ccccc4c(-c4ccc5oc6ccccc6c5c4)c4ccccc24)cc1O3. The number of hydrogen-bond acceptors (Lipinski definition) is 3. The van der Waals surface area contributed by atoms with Crippen LogP contribution < -0.4 is 25.9 Å². The smallest absolute Gasteiger partial charge is 0.260 e. The largest absolute Gasteiger partial charge is 0.458 e. The third kappa shape index (κ3) is 4.19. The van der Waals surface area contributed by atoms with E-state index in [0.29, 0.717) is 0 Å². The summed E-state index contributed by atoms with van der Waals surface area (Å²) >= 11 is 0. The lowest BCUT2D eigenvalue weighted by molar-refractivity contribution is 0.464. The molecule has 250 valence electrons. The average Bonchev–Trinajstić information content (AvgIpc) is 3.60. The van der Waals surface area contributed by atoms with Gasteiger partial charge < -0.3 is 13.9 Å². The van der Waals surface area contributed by atoms with E-state index < -0.39 is 0 Å². The van der Waals surface area contributed by atoms with E-state index in [4.69, 9.17) is 13.9 Å². The van der Waals surface area contributed by atoms with Crippen LogP contribution in [-0.4, -0.2) is 6.71 Å². The van der Waals surface area contributed by atoms with E-state index in [-0.39, 0.29) is 6.71 Å². The fraction of sp³-hybridized carbons (Fsp3) is 0. The molecule has 0 bridgehead atoms. The minimum absolute atomic E-state index is 0.0360. The van der Waals surface area contributed by atoms with Gasteiger partial charge in [0.1, 0.15) is 34.2 Å². The first-order valence-electron chi connectivity index (χ1n) is 18.4. The lowest BCUT2D eigenvalue weighted by Crippen LogP contribution is -2.57. The molecule has 3 heterocycles. The second-order valence-electron chi connectivity index (χ2n) is 14.3. The Morgan fingerprint density at radius 2 is 0.889 bits per heavy atom. The first-order valence-corrected chi connectivity index (χ1v) is 18.4. The molecule has 0 saturated heterocycles. The molecular weight excluding hydrogens is 659 g/mol. The Balaban J connectivity index is 1.06. The summed E-state index contributed by atoms with van der Waals surface area (Å²) in [7, 11) is 0. The molecule has 0 amide bonds. The Hall–Kier alpha value is -7.04. The van der Waals surface area contributed by atoms with Crippen LogP contribution in [0.25, 0.3) is 76.9 Å². The van der Waals surface area contributed by atoms with Crippen molar-refractivity contribution in [1.82, 2.24) is 0 Å². The molecule has 0 atom stereocenters. The van der Waals surface area contributed by atoms with E-state index in [1.165, 1.54) is 43.8 Å². The van der Waals surface area contributed by atoms with Crippen molar-refractivity contribution >= 4 is 66.6 Å². The molecule has 3 nitrogen and oxygen atoms in total. The second-order valence-corrected chi connectivity index (χ2v) is 14.3. The van der Waals surface area contributed by atoms with E-state index in [2.05, 4.69) is 146 Å². The van der Waals surface area contributed by atoms with Crippen LogP contribution in [-0.2, 0) is 0 Å². The maximum Gasteiger partial charge on any atom is 0.260 e. The molecule has 54 heavy (non-hydrogen) atoms. The fourth-order valence-corrected chi connectivity index (χ4v) is 9.11. The molecule has 1 aromatic heterocycles. The Bertz CT molecular complexity index is 3140. The molecule has 0 aliphatic carbocycles. The van der Waals surface area contributed by atoms with Gasteiger partial charge in [0, 0.05) is 16.2 Å². The van der Waals surface area contributed by atoms with Crippen LogP contribution in [0.3, 0.4) is 0 Å². The van der Waals surface area contributed by atoms with Crippen molar-refractivity contribution in [3.05, 3.63) is 176 Å². The minimum atomic E-state index is 0.0360. The molecule has 0 N–H and O–H groups in total. The molecule has 0 saturated carbocycles. The zero-order valence-corrected chi connectivity index (χ0v) is 29.0. The van der Waals surface area contributed by atoms with Crippen molar-refractivity contribution in [1.29, 1.82) is 0 Å². The lowest BCUT2D eigenvalue weighted by atomic mass is 9.35. The van der Waals surface area contributed by atoms with Gasteiger partial charge in [-0.3, -0.25) is 0 Å². The fourth-order valence-electron chi connectivity index (χ4n) is 9.11. The van der Waals surface area contributed by atoms with Crippen LogP contribution in [0.4, 0.5) is 0 Å². The summed E-state index contributed by atoms with van der Waals surface area (Å²) in [6.45, 7) is 0.0360. The van der Waals surface area contributed by atoms with Crippen LogP contribution in [0.15, 0.2) is 180 Å². The van der Waals surface area contributed by atoms with E-state index in [9.17, 15) is 0 Å². The summed E-state index contributed by atoms with van der Waals surface area (Å²) in [5.41, 5.74) is 12.3. The van der Waals surface area contributed by atoms with Gasteiger partial charge in [-0.25, -0.2) is 0 Å². The van der Waals surface area contributed by atoms with Gasteiger partial charge in [0.25, 0.3) is 6.71 Å². The van der Waals surface area contributed by atoms with Crippen LogP contribution in [0, 0.1) is 0 Å². The molecule has 2 aliphatic heterocycles. The highest BCUT2D eigenvalue weighted by Crippen LogP contribution is 2.47. The standard InChI is InChI=1S/C50H29BO3/c1-2-14-34(32(12-1)30-24-26-41-47(29-30)54-46-23-11-22-45-50(46)51(41)40-19-8-10-21-44(40)53-45)49-37-17-5-3-15-35(37)48(36-16-4-6-18-38(36)49)31-25-27-43-39(28-31)33-13-7-9-20-42(33)52-43/h1-29H. The average molecular weight is 689 g/mol. The summed E-state index contributed by atoms with van der Waals surface area (Å²) in [6, 6.07) is 62.6. The number of fused-ring (bicyclic) bond motifs is 9. The molecule has 0 fully saturated rings. The zero-order valence-electron chi connectivity index (χ0n) is 29.0. The van der Waals surface area contributed by atoms with Gasteiger partial charge in [-0.2, -0.15) is 0 Å². The number of hydrogen-bond donors (Lipinski definition) is 0. The van der Waals surface area contributed by atoms with Crippen molar-refractivity contribution in [2.45, 2.75) is 0 Å². The van der Waals surface area contributed by atoms with Crippen LogP contribution in [0.1, 0.15) is 0 Å². The number of rotatable bonds is 3. The topological polar surface area (TPSA) is 31.6 Å². The molecule has 10 aromatic rings. The van der Waals surface area contributed by atoms with E-state index in [0.717, 1.165) is 72.5 Å². The third-order valence-corrected chi connectivity index (χ3v) is 11.4. The molecule has 0 unspecified atom stereocenters. The monoisotopic (exact) mass is 688 g/mol. The van der Waals surface area contributed by atoms with Gasteiger partial charge in [0.05, 0.1) is 0 Å². The third-order valence-electron chi connectivity index (χ3n) is 11.4. The van der Waals surface area contributed by atoms with Crippen molar-refractivity contribution in [3.63, 3.8) is 0 Å². The summed E-state index contributed by atoms with van der Waals surface area (Å²) < 4.78 is 19.3. The predicted molar refractivity (Wildman–Crippen MR) is 223 cm³/mol. The van der Waals surface area contributed by atoms with Gasteiger partial charge in [-0.05, 0) is 108 Å². The van der Waals surface area contributed by atoms with Crippen LogP contribution in [0.5, 0.6) is 23.0 Å². The predicted octanol–water partition coefficient (Wildman–Crippen LogP) is 11.6. The highest BCUT2D eigenvalue weighted by molar-refractivity contribution is 6.98. The molecule has 0 radical (unpaired) electrons. The summed E-state index contributed by atoms with van der Waals surface area (Å²) in [6.07, 6.45) is 0. The number of benzene rings is 9. The Kier molecular flexibility index (Phi) is 6.14. The van der Waals surface area contributed by atoms with Gasteiger partial charge in [0.15, 0.2) is 0 Å². The van der Waals surface area contributed by atoms with Gasteiger partial charge in [-0.15, -0.1) is 0 Å². The van der Waals surface area contributed by atoms with Crippen molar-refractivity contribution in [2.24, 2.45) is 0 Å².